The maximum absolute atomic E-state index is 14.8. The molecule has 23 heteroatoms. The highest BCUT2D eigenvalue weighted by Gasteiger charge is 2.44. The van der Waals surface area contributed by atoms with Crippen LogP contribution in [0.25, 0.3) is 0 Å². The molecule has 3 heterocycles. The highest BCUT2D eigenvalue weighted by Crippen LogP contribution is 2.31. The summed E-state index contributed by atoms with van der Waals surface area (Å²) >= 11 is 1.04. The van der Waals surface area contributed by atoms with Crippen LogP contribution in [-0.4, -0.2) is 227 Å². The number of rotatable bonds is 29. The number of methoxy groups -OCH3 is 2. The van der Waals surface area contributed by atoms with Crippen molar-refractivity contribution in [3.8, 4) is 0 Å². The molecule has 0 aromatic heterocycles. The average molecular weight is 1110 g/mol. The summed E-state index contributed by atoms with van der Waals surface area (Å²) in [6, 6.07) is 4.95. The lowest BCUT2D eigenvalue weighted by Crippen LogP contribution is -2.56. The van der Waals surface area contributed by atoms with Crippen LogP contribution >= 0.6 is 11.8 Å². The smallest absolute Gasteiger partial charge is 0.327 e. The third-order valence-corrected chi connectivity index (χ3v) is 16.5. The highest BCUT2D eigenvalue weighted by atomic mass is 32.2. The lowest BCUT2D eigenvalue weighted by molar-refractivity contribution is -0.147. The quantitative estimate of drug-likeness (QED) is 0.0389. The van der Waals surface area contributed by atoms with Crippen LogP contribution < -0.4 is 10.6 Å². The van der Waals surface area contributed by atoms with Crippen molar-refractivity contribution in [1.82, 2.24) is 40.0 Å². The monoisotopic (exact) mass is 1110 g/mol. The van der Waals surface area contributed by atoms with Crippen molar-refractivity contribution in [2.45, 2.75) is 153 Å². The number of nitrogens with one attached hydrogen (secondary N) is 2. The molecule has 4 N–H and O–H groups in total. The van der Waals surface area contributed by atoms with E-state index >= 15 is 0 Å². The van der Waals surface area contributed by atoms with Crippen LogP contribution in [-0.2, 0) is 59.0 Å². The van der Waals surface area contributed by atoms with Crippen molar-refractivity contribution in [1.29, 1.82) is 0 Å². The number of imide groups is 1. The molecule has 0 spiro atoms. The number of ether oxygens (including phenoxy) is 2. The van der Waals surface area contributed by atoms with E-state index in [0.29, 0.717) is 83.6 Å². The van der Waals surface area contributed by atoms with Crippen LogP contribution in [0.5, 0.6) is 0 Å². The number of guanidine groups is 1. The number of likely N-dealkylation sites (tertiary alicyclic amines) is 2. The van der Waals surface area contributed by atoms with Crippen LogP contribution in [0.15, 0.2) is 35.3 Å². The van der Waals surface area contributed by atoms with Gasteiger partial charge in [-0.3, -0.25) is 38.5 Å². The van der Waals surface area contributed by atoms with E-state index in [1.54, 1.807) is 43.0 Å². The van der Waals surface area contributed by atoms with Crippen molar-refractivity contribution >= 4 is 71.0 Å². The lowest BCUT2D eigenvalue weighted by Gasteiger charge is -2.41. The molecule has 0 radical (unpaired) electrons. The van der Waals surface area contributed by atoms with Gasteiger partial charge in [-0.05, 0) is 43.1 Å². The van der Waals surface area contributed by atoms with Crippen LogP contribution in [0.1, 0.15) is 105 Å². The first-order valence-corrected chi connectivity index (χ1v) is 28.4. The number of aliphatic imine (C=N–C) groups is 1. The van der Waals surface area contributed by atoms with Crippen molar-refractivity contribution in [2.75, 3.05) is 80.4 Å². The van der Waals surface area contributed by atoms with E-state index in [-0.39, 0.29) is 72.9 Å². The van der Waals surface area contributed by atoms with Crippen molar-refractivity contribution in [2.24, 2.45) is 22.7 Å². The minimum absolute atomic E-state index is 0.00406. The third kappa shape index (κ3) is 17.9. The normalized spacial score (nSPS) is 20.1. The van der Waals surface area contributed by atoms with E-state index < -0.39 is 77.3 Å². The number of likely N-dealkylation sites (N-methyl/N-ethyl adjacent to an activating group) is 1. The molecule has 10 atom stereocenters. The second-order valence-electron chi connectivity index (χ2n) is 21.4. The number of unbranched alkanes of at least 4 members (excludes halogenated alkanes) is 2. The summed E-state index contributed by atoms with van der Waals surface area (Å²) < 4.78 is 12.0. The topological polar surface area (TPSA) is 268 Å². The summed E-state index contributed by atoms with van der Waals surface area (Å²) in [5.74, 6) is -5.05. The standard InChI is InChI=1S/C55H87N9O13S/c1-12-35(4)48(42(76-10)31-45(67)63-25-19-22-41(63)49(77-11)36(5)50(69)57-39(53(72)73)30-38-20-15-13-16-21-38)60(9)52(71)47(34(2)3)58-55(59(7)8)62-28-26-61(27-29-62)44(66)23-17-14-18-24-64-46(68)32-43(51(64)70)78-33-40(54(74)75)56-37(6)65/h13,15-16,20-21,34-36,39-43,47-49H,12,14,17-19,22-33H2,1-11H3,(H,56,65)(H,57,69)(H,72,73)(H,74,75)/b58-55+/t35-,36+,39-,40-,41-,42+,43?,47?,48-,49+/m0/s1. The molecule has 22 nitrogen and oxygen atoms in total. The Kier molecular flexibility index (Phi) is 25.8. The van der Waals surface area contributed by atoms with E-state index in [1.807, 2.05) is 69.8 Å². The molecule has 3 saturated heterocycles. The molecular weight excluding hydrogens is 1030 g/mol. The van der Waals surface area contributed by atoms with Gasteiger partial charge in [0, 0.05) is 107 Å². The Hall–Kier alpha value is -5.81. The van der Waals surface area contributed by atoms with E-state index in [2.05, 4.69) is 15.5 Å². The van der Waals surface area contributed by atoms with Gasteiger partial charge in [-0.15, -0.1) is 11.8 Å². The molecule has 0 aliphatic carbocycles. The number of nitrogens with zero attached hydrogens (tertiary/aromatic N) is 7. The second kappa shape index (κ2) is 31.1. The molecule has 0 bridgehead atoms. The number of thioether (sulfide) groups is 1. The molecule has 1 aromatic carbocycles. The van der Waals surface area contributed by atoms with E-state index in [4.69, 9.17) is 14.5 Å². The van der Waals surface area contributed by atoms with Crippen molar-refractivity contribution < 1.29 is 62.8 Å². The number of benzene rings is 1. The first-order chi connectivity index (χ1) is 36.9. The molecule has 78 heavy (non-hydrogen) atoms. The molecule has 4 rings (SSSR count). The molecule has 3 aliphatic rings. The minimum Gasteiger partial charge on any atom is -0.480 e. The van der Waals surface area contributed by atoms with Gasteiger partial charge in [0.1, 0.15) is 18.1 Å². The summed E-state index contributed by atoms with van der Waals surface area (Å²) in [4.78, 5) is 133. The molecule has 0 saturated carbocycles. The van der Waals surface area contributed by atoms with E-state index in [1.165, 1.54) is 18.9 Å². The number of hydrogen-bond donors (Lipinski definition) is 4. The number of carbonyl (C=O) groups is 9. The number of carboxylic acids is 2. The van der Waals surface area contributed by atoms with Crippen molar-refractivity contribution in [3.63, 3.8) is 0 Å². The highest BCUT2D eigenvalue weighted by molar-refractivity contribution is 8.00. The van der Waals surface area contributed by atoms with Crippen LogP contribution in [0.3, 0.4) is 0 Å². The molecule has 7 amide bonds. The van der Waals surface area contributed by atoms with Gasteiger partial charge in [-0.25, -0.2) is 14.6 Å². The minimum atomic E-state index is -1.22. The number of hydrogen-bond acceptors (Lipinski definition) is 13. The first kappa shape index (κ1) is 64.7. The summed E-state index contributed by atoms with van der Waals surface area (Å²) in [7, 11) is 8.50. The predicted octanol–water partition coefficient (Wildman–Crippen LogP) is 2.82. The fraction of sp³-hybridized carbons (Fsp3) is 0.709. The van der Waals surface area contributed by atoms with Crippen LogP contribution in [0.4, 0.5) is 0 Å². The molecule has 1 aromatic rings. The Labute approximate surface area is 464 Å². The summed E-state index contributed by atoms with van der Waals surface area (Å²) in [6.07, 6.45) is 2.55. The maximum atomic E-state index is 14.8. The predicted molar refractivity (Wildman–Crippen MR) is 295 cm³/mol. The van der Waals surface area contributed by atoms with Gasteiger partial charge >= 0.3 is 11.9 Å². The largest absolute Gasteiger partial charge is 0.480 e. The van der Waals surface area contributed by atoms with Gasteiger partial charge in [0.2, 0.25) is 41.4 Å². The van der Waals surface area contributed by atoms with E-state index in [0.717, 1.165) is 17.3 Å². The second-order valence-corrected chi connectivity index (χ2v) is 22.6. The Morgan fingerprint density at radius 3 is 2.04 bits per heavy atom. The first-order valence-electron chi connectivity index (χ1n) is 27.4. The Bertz CT molecular complexity index is 2250. The fourth-order valence-corrected chi connectivity index (χ4v) is 11.8. The van der Waals surface area contributed by atoms with Gasteiger partial charge in [-0.2, -0.15) is 0 Å². The van der Waals surface area contributed by atoms with Gasteiger partial charge < -0.3 is 54.8 Å². The van der Waals surface area contributed by atoms with Gasteiger partial charge in [0.25, 0.3) is 0 Å². The van der Waals surface area contributed by atoms with E-state index in [9.17, 15) is 53.4 Å². The SMILES string of the molecule is CC[C@H](C)[C@@H]([C@@H](CC(=O)N1CCC[C@H]1[C@H](OC)[C@@H](C)C(=O)N[C@@H](Cc1ccccc1)C(=O)O)OC)N(C)C(=O)C(/N=C(\N(C)C)N1CCN(C(=O)CCCCCN2C(=O)CC(SC[C@H](NC(C)=O)C(=O)O)C2=O)CC1)C(C)C. The summed E-state index contributed by atoms with van der Waals surface area (Å²) in [5.41, 5.74) is 0.767. The fourth-order valence-electron chi connectivity index (χ4n) is 10.6. The molecular formula is C55H87N9O13S. The lowest BCUT2D eigenvalue weighted by atomic mass is 9.89. The zero-order valence-corrected chi connectivity index (χ0v) is 48.5. The number of carbonyl (C=O) groups excluding carboxylic acids is 7. The van der Waals surface area contributed by atoms with Gasteiger partial charge in [-0.1, -0.05) is 77.8 Å². The number of piperazine rings is 1. The van der Waals surface area contributed by atoms with Crippen molar-refractivity contribution in [3.05, 3.63) is 35.9 Å². The maximum Gasteiger partial charge on any atom is 0.327 e. The molecule has 3 aliphatic heterocycles. The number of amides is 7. The third-order valence-electron chi connectivity index (χ3n) is 15.2. The molecule has 436 valence electrons. The van der Waals surface area contributed by atoms with Gasteiger partial charge in [0.05, 0.1) is 41.9 Å². The Balaban J connectivity index is 1.35. The summed E-state index contributed by atoms with van der Waals surface area (Å²) in [6.45, 7) is 13.3. The summed E-state index contributed by atoms with van der Waals surface area (Å²) in [5, 5.41) is 23.7. The Morgan fingerprint density at radius 2 is 1.47 bits per heavy atom. The average Bonchev–Trinajstić information content (AvgIpc) is 3.99. The number of carboxylic acid groups (broad SMARTS) is 2. The Morgan fingerprint density at radius 1 is 0.833 bits per heavy atom. The zero-order chi connectivity index (χ0) is 58.0. The molecule has 3 fully saturated rings. The zero-order valence-electron chi connectivity index (χ0n) is 47.7. The van der Waals surface area contributed by atoms with Crippen LogP contribution in [0.2, 0.25) is 0 Å². The molecule has 2 unspecified atom stereocenters. The van der Waals surface area contributed by atoms with Crippen LogP contribution in [0, 0.1) is 17.8 Å². The number of aliphatic carboxylic acids is 2. The van der Waals surface area contributed by atoms with Gasteiger partial charge in [0.15, 0.2) is 5.96 Å².